The van der Waals surface area contributed by atoms with Crippen LogP contribution in [-0.2, 0) is 14.4 Å². The Labute approximate surface area is 130 Å². The summed E-state index contributed by atoms with van der Waals surface area (Å²) in [6.07, 6.45) is 8.96. The minimum atomic E-state index is -0.933. The number of unbranched alkanes of at least 4 members (excludes halogenated alkanes) is 4. The average molecular weight is 314 g/mol. The number of hydrogen-bond acceptors (Lipinski definition) is 7. The molecule has 0 aliphatic rings. The number of hydrogen-bond donors (Lipinski definition) is 3. The SMILES string of the molecule is NCCCCC(N)C(=O)O.O=C=NCCCCCCN=C=O. The van der Waals surface area contributed by atoms with E-state index >= 15 is 0 Å². The minimum Gasteiger partial charge on any atom is -0.480 e. The van der Waals surface area contributed by atoms with E-state index in [1.54, 1.807) is 0 Å². The molecule has 0 fully saturated rings. The van der Waals surface area contributed by atoms with Gasteiger partial charge in [0.05, 0.1) is 13.1 Å². The lowest BCUT2D eigenvalue weighted by Crippen LogP contribution is -2.29. The molecule has 0 aliphatic carbocycles. The van der Waals surface area contributed by atoms with Crippen LogP contribution in [0.4, 0.5) is 0 Å². The number of carboxylic acid groups (broad SMARTS) is 1. The van der Waals surface area contributed by atoms with Crippen molar-refractivity contribution in [3.63, 3.8) is 0 Å². The van der Waals surface area contributed by atoms with E-state index in [4.69, 9.17) is 16.6 Å². The van der Waals surface area contributed by atoms with Crippen molar-refractivity contribution >= 4 is 18.1 Å². The van der Waals surface area contributed by atoms with Crippen molar-refractivity contribution in [3.8, 4) is 0 Å². The van der Waals surface area contributed by atoms with Gasteiger partial charge < -0.3 is 16.6 Å². The van der Waals surface area contributed by atoms with Gasteiger partial charge in [-0.1, -0.05) is 19.3 Å². The van der Waals surface area contributed by atoms with E-state index in [-0.39, 0.29) is 0 Å². The quantitative estimate of drug-likeness (QED) is 0.275. The maximum atomic E-state index is 10.1. The zero-order chi connectivity index (χ0) is 17.1. The predicted octanol–water partition coefficient (Wildman–Crippen LogP) is 0.746. The van der Waals surface area contributed by atoms with Crippen LogP contribution >= 0.6 is 0 Å². The number of carboxylic acids is 1. The molecule has 126 valence electrons. The molecule has 1 atom stereocenters. The Morgan fingerprint density at radius 2 is 1.45 bits per heavy atom. The van der Waals surface area contributed by atoms with Crippen LogP contribution in [0.15, 0.2) is 9.98 Å². The highest BCUT2D eigenvalue weighted by molar-refractivity contribution is 5.72. The minimum absolute atomic E-state index is 0.520. The molecule has 0 rings (SSSR count). The first-order valence-electron chi connectivity index (χ1n) is 7.35. The summed E-state index contributed by atoms with van der Waals surface area (Å²) in [6.45, 7) is 1.72. The molecule has 1 unspecified atom stereocenters. The highest BCUT2D eigenvalue weighted by Crippen LogP contribution is 1.99. The normalized spacial score (nSPS) is 10.5. The molecule has 0 radical (unpaired) electrons. The number of nitrogens with zero attached hydrogens (tertiary/aromatic N) is 2. The predicted molar refractivity (Wildman–Crippen MR) is 83.0 cm³/mol. The first-order chi connectivity index (χ1) is 10.6. The van der Waals surface area contributed by atoms with E-state index in [2.05, 4.69) is 9.98 Å². The molecule has 0 aliphatic heterocycles. The maximum absolute atomic E-state index is 10.1. The second kappa shape index (κ2) is 19.1. The van der Waals surface area contributed by atoms with Gasteiger partial charge in [-0.25, -0.2) is 19.6 Å². The molecule has 0 amide bonds. The molecule has 8 nitrogen and oxygen atoms in total. The third kappa shape index (κ3) is 20.5. The zero-order valence-electron chi connectivity index (χ0n) is 12.9. The Bertz CT molecular complexity index is 342. The molecule has 5 N–H and O–H groups in total. The van der Waals surface area contributed by atoms with E-state index < -0.39 is 12.0 Å². The van der Waals surface area contributed by atoms with E-state index in [1.807, 2.05) is 0 Å². The van der Waals surface area contributed by atoms with Gasteiger partial charge in [-0.2, -0.15) is 0 Å². The number of rotatable bonds is 12. The van der Waals surface area contributed by atoms with Crippen LogP contribution in [0, 0.1) is 0 Å². The molecule has 0 bridgehead atoms. The number of nitrogens with two attached hydrogens (primary N) is 2. The van der Waals surface area contributed by atoms with Gasteiger partial charge in [0.15, 0.2) is 0 Å². The Kier molecular flexibility index (Phi) is 19.5. The Balaban J connectivity index is 0. The van der Waals surface area contributed by atoms with Crippen LogP contribution in [0.3, 0.4) is 0 Å². The van der Waals surface area contributed by atoms with E-state index in [1.165, 1.54) is 12.2 Å². The second-order valence-corrected chi connectivity index (χ2v) is 4.59. The molecular weight excluding hydrogens is 288 g/mol. The lowest BCUT2D eigenvalue weighted by molar-refractivity contribution is -0.138. The molecule has 0 aromatic carbocycles. The summed E-state index contributed by atoms with van der Waals surface area (Å²) in [6, 6.07) is -0.716. The van der Waals surface area contributed by atoms with Crippen molar-refractivity contribution < 1.29 is 19.5 Å². The van der Waals surface area contributed by atoms with Crippen molar-refractivity contribution in [3.05, 3.63) is 0 Å². The van der Waals surface area contributed by atoms with E-state index in [9.17, 15) is 14.4 Å². The van der Waals surface area contributed by atoms with Crippen LogP contribution in [-0.4, -0.2) is 48.9 Å². The Hall–Kier alpha value is -1.85. The smallest absolute Gasteiger partial charge is 0.320 e. The first-order valence-corrected chi connectivity index (χ1v) is 7.35. The summed E-state index contributed by atoms with van der Waals surface area (Å²) in [5.41, 5.74) is 10.4. The highest BCUT2D eigenvalue weighted by atomic mass is 16.4. The summed E-state index contributed by atoms with van der Waals surface area (Å²) in [7, 11) is 0. The number of carbonyl (C=O) groups is 1. The molecule has 0 aromatic heterocycles. The molecule has 0 saturated heterocycles. The standard InChI is InChI=1S/C8H12N2O2.C6H14N2O2/c11-7-9-5-3-1-2-4-6-10-8-12;7-4-2-1-3-5(8)6(9)10/h1-6H2;5H,1-4,7-8H2,(H,9,10). The van der Waals surface area contributed by atoms with Crippen LogP contribution in [0.5, 0.6) is 0 Å². The summed E-state index contributed by atoms with van der Waals surface area (Å²) in [5.74, 6) is -0.933. The van der Waals surface area contributed by atoms with Gasteiger partial charge >= 0.3 is 5.97 Å². The van der Waals surface area contributed by atoms with Gasteiger partial charge in [0.2, 0.25) is 12.2 Å². The lowest BCUT2D eigenvalue weighted by atomic mass is 10.1. The third-order valence-corrected chi connectivity index (χ3v) is 2.71. The molecule has 0 spiro atoms. The number of aliphatic imine (C=N–C) groups is 2. The van der Waals surface area contributed by atoms with Gasteiger partial charge in [0.1, 0.15) is 6.04 Å². The van der Waals surface area contributed by atoms with Crippen LogP contribution in [0.25, 0.3) is 0 Å². The highest BCUT2D eigenvalue weighted by Gasteiger charge is 2.09. The molecule has 0 heterocycles. The second-order valence-electron chi connectivity index (χ2n) is 4.59. The Morgan fingerprint density at radius 3 is 1.82 bits per heavy atom. The van der Waals surface area contributed by atoms with Gasteiger partial charge in [-0.3, -0.25) is 4.79 Å². The zero-order valence-corrected chi connectivity index (χ0v) is 12.9. The number of isocyanates is 2. The van der Waals surface area contributed by atoms with Gasteiger partial charge in [-0.05, 0) is 32.2 Å². The molecular formula is C14H26N4O4. The van der Waals surface area contributed by atoms with E-state index in [0.717, 1.165) is 38.5 Å². The van der Waals surface area contributed by atoms with Crippen LogP contribution < -0.4 is 11.5 Å². The molecule has 0 saturated carbocycles. The fourth-order valence-electron chi connectivity index (χ4n) is 1.46. The summed E-state index contributed by atoms with van der Waals surface area (Å²) in [4.78, 5) is 36.2. The van der Waals surface area contributed by atoms with E-state index in [0.29, 0.717) is 26.1 Å². The number of carbonyl (C=O) groups excluding carboxylic acids is 2. The van der Waals surface area contributed by atoms with Crippen LogP contribution in [0.1, 0.15) is 44.9 Å². The fourth-order valence-corrected chi connectivity index (χ4v) is 1.46. The fraction of sp³-hybridized carbons (Fsp3) is 0.786. The third-order valence-electron chi connectivity index (χ3n) is 2.71. The van der Waals surface area contributed by atoms with Crippen molar-refractivity contribution in [2.45, 2.75) is 51.0 Å². The van der Waals surface area contributed by atoms with Crippen molar-refractivity contribution in [2.75, 3.05) is 19.6 Å². The average Bonchev–Trinajstić information content (AvgIpc) is 2.50. The van der Waals surface area contributed by atoms with Crippen LogP contribution in [0.2, 0.25) is 0 Å². The van der Waals surface area contributed by atoms with Crippen molar-refractivity contribution in [1.29, 1.82) is 0 Å². The van der Waals surface area contributed by atoms with Crippen molar-refractivity contribution in [1.82, 2.24) is 0 Å². The topological polar surface area (TPSA) is 148 Å². The van der Waals surface area contributed by atoms with Crippen molar-refractivity contribution in [2.24, 2.45) is 21.5 Å². The summed E-state index contributed by atoms with van der Waals surface area (Å²) < 4.78 is 0. The molecule has 0 aromatic rings. The van der Waals surface area contributed by atoms with Gasteiger partial charge in [0, 0.05) is 0 Å². The first kappa shape index (κ1) is 22.4. The molecule has 8 heteroatoms. The monoisotopic (exact) mass is 314 g/mol. The Morgan fingerprint density at radius 1 is 0.955 bits per heavy atom. The number of aliphatic carboxylic acids is 1. The maximum Gasteiger partial charge on any atom is 0.320 e. The molecule has 22 heavy (non-hydrogen) atoms. The summed E-state index contributed by atoms with van der Waals surface area (Å²) in [5, 5.41) is 8.33. The van der Waals surface area contributed by atoms with Gasteiger partial charge in [-0.15, -0.1) is 0 Å². The van der Waals surface area contributed by atoms with Gasteiger partial charge in [0.25, 0.3) is 0 Å². The largest absolute Gasteiger partial charge is 0.480 e. The summed E-state index contributed by atoms with van der Waals surface area (Å²) >= 11 is 0. The lowest BCUT2D eigenvalue weighted by Gasteiger charge is -2.03.